The average Bonchev–Trinajstić information content (AvgIpc) is 2.35. The molecule has 0 N–H and O–H groups in total. The van der Waals surface area contributed by atoms with Gasteiger partial charge in [-0.15, -0.1) is 0 Å². The predicted octanol–water partition coefficient (Wildman–Crippen LogP) is 2.74. The summed E-state index contributed by atoms with van der Waals surface area (Å²) < 4.78 is 33.0. The summed E-state index contributed by atoms with van der Waals surface area (Å²) in [5, 5.41) is 0.938. The average molecular weight is 360 g/mol. The molecule has 0 unspecified atom stereocenters. The van der Waals surface area contributed by atoms with Crippen LogP contribution in [0.1, 0.15) is 6.92 Å². The van der Waals surface area contributed by atoms with Crippen LogP contribution in [0.5, 0.6) is 5.75 Å². The Bertz CT molecular complexity index is 717. The van der Waals surface area contributed by atoms with Crippen molar-refractivity contribution in [1.29, 1.82) is 0 Å². The molecular formula is C13H14BrNO4S. The fourth-order valence-electron chi connectivity index (χ4n) is 1.63. The molecule has 1 atom stereocenters. The number of hydrogen-bond donors (Lipinski definition) is 0. The van der Waals surface area contributed by atoms with Crippen LogP contribution in [0.3, 0.4) is 0 Å². The highest BCUT2D eigenvalue weighted by Crippen LogP contribution is 2.22. The lowest BCUT2D eigenvalue weighted by Gasteiger charge is -2.14. The van der Waals surface area contributed by atoms with Crippen LogP contribution in [0, 0.1) is 0 Å². The van der Waals surface area contributed by atoms with Crippen LogP contribution in [0.25, 0.3) is 10.9 Å². The van der Waals surface area contributed by atoms with Crippen molar-refractivity contribution in [3.8, 4) is 5.75 Å². The fourth-order valence-corrected chi connectivity index (χ4v) is 2.45. The maximum absolute atomic E-state index is 10.9. The van der Waals surface area contributed by atoms with E-state index in [9.17, 15) is 8.42 Å². The molecule has 0 aliphatic carbocycles. The highest BCUT2D eigenvalue weighted by atomic mass is 79.9. The standard InChI is InChI=1S/C13H14BrNO4S/c1-9(8-18-20(2,16)17)19-12-6-10-5-11(14)3-4-13(10)15-7-12/h3-7,9H,8H2,1-2H3/t9-/m0/s1. The highest BCUT2D eigenvalue weighted by Gasteiger charge is 2.10. The molecule has 5 nitrogen and oxygen atoms in total. The molecule has 0 amide bonds. The lowest BCUT2D eigenvalue weighted by Crippen LogP contribution is -2.21. The first kappa shape index (κ1) is 15.2. The van der Waals surface area contributed by atoms with Gasteiger partial charge in [0.2, 0.25) is 0 Å². The topological polar surface area (TPSA) is 65.5 Å². The number of aromatic nitrogens is 1. The van der Waals surface area contributed by atoms with Gasteiger partial charge in [0.05, 0.1) is 18.0 Å². The second-order valence-electron chi connectivity index (χ2n) is 4.43. The van der Waals surface area contributed by atoms with Crippen LogP contribution >= 0.6 is 15.9 Å². The summed E-state index contributed by atoms with van der Waals surface area (Å²) in [4.78, 5) is 4.28. The smallest absolute Gasteiger partial charge is 0.264 e. The number of ether oxygens (including phenoxy) is 1. The quantitative estimate of drug-likeness (QED) is 0.767. The second kappa shape index (κ2) is 6.07. The summed E-state index contributed by atoms with van der Waals surface area (Å²) in [5.41, 5.74) is 0.862. The van der Waals surface area contributed by atoms with Crippen molar-refractivity contribution in [2.24, 2.45) is 0 Å². The Morgan fingerprint density at radius 2 is 2.10 bits per heavy atom. The molecule has 0 saturated heterocycles. The number of pyridine rings is 1. The molecule has 0 fully saturated rings. The number of nitrogens with zero attached hydrogens (tertiary/aromatic N) is 1. The molecule has 0 bridgehead atoms. The normalized spacial score (nSPS) is 13.3. The van der Waals surface area contributed by atoms with Gasteiger partial charge in [0.15, 0.2) is 0 Å². The van der Waals surface area contributed by atoms with Gasteiger partial charge in [-0.3, -0.25) is 9.17 Å². The third-order valence-corrected chi connectivity index (χ3v) is 3.53. The summed E-state index contributed by atoms with van der Waals surface area (Å²) in [6.45, 7) is 1.70. The first-order valence-corrected chi connectivity index (χ1v) is 8.51. The first-order chi connectivity index (χ1) is 9.33. The van der Waals surface area contributed by atoms with Gasteiger partial charge in [0.1, 0.15) is 18.5 Å². The Morgan fingerprint density at radius 1 is 1.35 bits per heavy atom. The van der Waals surface area contributed by atoms with E-state index in [4.69, 9.17) is 4.74 Å². The van der Waals surface area contributed by atoms with E-state index in [0.29, 0.717) is 5.75 Å². The highest BCUT2D eigenvalue weighted by molar-refractivity contribution is 9.10. The molecule has 1 aromatic carbocycles. The molecule has 1 aromatic heterocycles. The Balaban J connectivity index is 2.09. The van der Waals surface area contributed by atoms with E-state index >= 15 is 0 Å². The van der Waals surface area contributed by atoms with Gasteiger partial charge >= 0.3 is 0 Å². The van der Waals surface area contributed by atoms with Crippen molar-refractivity contribution in [1.82, 2.24) is 4.98 Å². The van der Waals surface area contributed by atoms with Crippen molar-refractivity contribution >= 4 is 37.0 Å². The monoisotopic (exact) mass is 359 g/mol. The molecule has 0 spiro atoms. The number of halogens is 1. The molecule has 0 aliphatic heterocycles. The van der Waals surface area contributed by atoms with Gasteiger partial charge in [-0.1, -0.05) is 15.9 Å². The minimum Gasteiger partial charge on any atom is -0.487 e. The van der Waals surface area contributed by atoms with Crippen molar-refractivity contribution in [2.45, 2.75) is 13.0 Å². The molecule has 2 aromatic rings. The molecule has 2 rings (SSSR count). The maximum Gasteiger partial charge on any atom is 0.264 e. The third kappa shape index (κ3) is 4.43. The summed E-state index contributed by atoms with van der Waals surface area (Å²) in [7, 11) is -3.45. The zero-order chi connectivity index (χ0) is 14.8. The Kier molecular flexibility index (Phi) is 4.62. The van der Waals surface area contributed by atoms with E-state index in [1.807, 2.05) is 24.3 Å². The van der Waals surface area contributed by atoms with Gasteiger partial charge in [0.25, 0.3) is 10.1 Å². The van der Waals surface area contributed by atoms with Crippen molar-refractivity contribution in [2.75, 3.05) is 12.9 Å². The van der Waals surface area contributed by atoms with Crippen LogP contribution < -0.4 is 4.74 Å². The van der Waals surface area contributed by atoms with Crippen LogP contribution in [-0.4, -0.2) is 32.4 Å². The minimum absolute atomic E-state index is 0.0324. The van der Waals surface area contributed by atoms with Crippen molar-refractivity contribution < 1.29 is 17.3 Å². The summed E-state index contributed by atoms with van der Waals surface area (Å²) in [6, 6.07) is 7.61. The molecule has 20 heavy (non-hydrogen) atoms. The van der Waals surface area contributed by atoms with E-state index in [-0.39, 0.29) is 6.61 Å². The van der Waals surface area contributed by atoms with E-state index in [1.165, 1.54) is 0 Å². The lowest BCUT2D eigenvalue weighted by molar-refractivity contribution is 0.147. The number of benzene rings is 1. The molecule has 1 heterocycles. The Hall–Kier alpha value is -1.18. The van der Waals surface area contributed by atoms with E-state index in [2.05, 4.69) is 25.1 Å². The minimum atomic E-state index is -3.45. The second-order valence-corrected chi connectivity index (χ2v) is 6.98. The van der Waals surface area contributed by atoms with E-state index < -0.39 is 16.2 Å². The molecule has 108 valence electrons. The molecule has 7 heteroatoms. The summed E-state index contributed by atoms with van der Waals surface area (Å²) in [6.07, 6.45) is 2.22. The number of fused-ring (bicyclic) bond motifs is 1. The lowest BCUT2D eigenvalue weighted by atomic mass is 10.2. The van der Waals surface area contributed by atoms with Crippen molar-refractivity contribution in [3.05, 3.63) is 34.9 Å². The van der Waals surface area contributed by atoms with Gasteiger partial charge in [0, 0.05) is 9.86 Å². The Morgan fingerprint density at radius 3 is 2.80 bits per heavy atom. The van der Waals surface area contributed by atoms with Crippen molar-refractivity contribution in [3.63, 3.8) is 0 Å². The number of hydrogen-bond acceptors (Lipinski definition) is 5. The number of rotatable bonds is 5. The first-order valence-electron chi connectivity index (χ1n) is 5.90. The van der Waals surface area contributed by atoms with Gasteiger partial charge < -0.3 is 4.74 Å². The molecule has 0 radical (unpaired) electrons. The third-order valence-electron chi connectivity index (χ3n) is 2.47. The van der Waals surface area contributed by atoms with Gasteiger partial charge in [-0.05, 0) is 31.2 Å². The fraction of sp³-hybridized carbons (Fsp3) is 0.308. The SMILES string of the molecule is C[C@@H](COS(C)(=O)=O)Oc1cnc2ccc(Br)cc2c1. The predicted molar refractivity (Wildman–Crippen MR) is 80.3 cm³/mol. The van der Waals surface area contributed by atoms with Gasteiger partial charge in [-0.2, -0.15) is 8.42 Å². The zero-order valence-corrected chi connectivity index (χ0v) is 13.4. The summed E-state index contributed by atoms with van der Waals surface area (Å²) in [5.74, 6) is 0.570. The molecule has 0 aliphatic rings. The zero-order valence-electron chi connectivity index (χ0n) is 11.0. The van der Waals surface area contributed by atoms with Crippen LogP contribution in [0.2, 0.25) is 0 Å². The van der Waals surface area contributed by atoms with Gasteiger partial charge in [-0.25, -0.2) is 0 Å². The summed E-state index contributed by atoms with van der Waals surface area (Å²) >= 11 is 3.40. The van der Waals surface area contributed by atoms with Crippen LogP contribution in [0.15, 0.2) is 34.9 Å². The van der Waals surface area contributed by atoms with Crippen LogP contribution in [0.4, 0.5) is 0 Å². The Labute approximate surface area is 126 Å². The maximum atomic E-state index is 10.9. The molecular weight excluding hydrogens is 346 g/mol. The molecule has 0 saturated carbocycles. The largest absolute Gasteiger partial charge is 0.487 e. The van der Waals surface area contributed by atoms with Crippen LogP contribution in [-0.2, 0) is 14.3 Å². The van der Waals surface area contributed by atoms with E-state index in [1.54, 1.807) is 13.1 Å². The van der Waals surface area contributed by atoms with E-state index in [0.717, 1.165) is 21.6 Å².